The van der Waals surface area contributed by atoms with E-state index < -0.39 is 6.10 Å². The van der Waals surface area contributed by atoms with Crippen LogP contribution in [0.15, 0.2) is 22.7 Å². The van der Waals surface area contributed by atoms with Crippen LogP contribution in [0.5, 0.6) is 0 Å². The normalized spacial score (nSPS) is 12.6. The first-order chi connectivity index (χ1) is 6.63. The molecule has 0 heterocycles. The number of anilines is 1. The molecule has 14 heavy (non-hydrogen) atoms. The van der Waals surface area contributed by atoms with Crippen molar-refractivity contribution in [2.75, 3.05) is 11.9 Å². The van der Waals surface area contributed by atoms with E-state index in [1.165, 1.54) is 6.07 Å². The molecule has 2 nitrogen and oxygen atoms in total. The summed E-state index contributed by atoms with van der Waals surface area (Å²) in [6.07, 6.45) is 0.226. The minimum atomic E-state index is -0.432. The van der Waals surface area contributed by atoms with Crippen LogP contribution >= 0.6 is 15.9 Å². The first kappa shape index (κ1) is 11.5. The molecule has 0 fully saturated rings. The van der Waals surface area contributed by atoms with E-state index in [2.05, 4.69) is 21.2 Å². The molecule has 0 aliphatic heterocycles. The Morgan fingerprint density at radius 2 is 2.29 bits per heavy atom. The number of hydrogen-bond donors (Lipinski definition) is 2. The lowest BCUT2D eigenvalue weighted by molar-refractivity contribution is 0.183. The van der Waals surface area contributed by atoms with Gasteiger partial charge in [0.05, 0.1) is 11.8 Å². The van der Waals surface area contributed by atoms with Crippen LogP contribution in [0.1, 0.15) is 13.3 Å². The summed E-state index contributed by atoms with van der Waals surface area (Å²) in [6.45, 7) is 2.25. The van der Waals surface area contributed by atoms with Crippen molar-refractivity contribution in [1.29, 1.82) is 0 Å². The van der Waals surface area contributed by atoms with E-state index in [0.29, 0.717) is 23.1 Å². The number of halogens is 2. The van der Waals surface area contributed by atoms with Crippen LogP contribution in [-0.4, -0.2) is 17.8 Å². The summed E-state index contributed by atoms with van der Waals surface area (Å²) in [5.74, 6) is -0.317. The van der Waals surface area contributed by atoms with Gasteiger partial charge in [-0.15, -0.1) is 0 Å². The second kappa shape index (κ2) is 5.32. The second-order valence-corrected chi connectivity index (χ2v) is 3.98. The van der Waals surface area contributed by atoms with Gasteiger partial charge in [0.1, 0.15) is 5.82 Å². The van der Waals surface area contributed by atoms with E-state index in [9.17, 15) is 9.50 Å². The lowest BCUT2D eigenvalue weighted by atomic mass is 10.2. The molecule has 0 saturated carbocycles. The highest BCUT2D eigenvalue weighted by Crippen LogP contribution is 2.19. The molecule has 1 aromatic rings. The summed E-state index contributed by atoms with van der Waals surface area (Å²) in [7, 11) is 0. The number of rotatable bonds is 4. The van der Waals surface area contributed by atoms with Crippen molar-refractivity contribution in [3.63, 3.8) is 0 Å². The Morgan fingerprint density at radius 1 is 1.57 bits per heavy atom. The van der Waals surface area contributed by atoms with E-state index in [0.717, 1.165) is 0 Å². The van der Waals surface area contributed by atoms with Crippen molar-refractivity contribution in [2.45, 2.75) is 19.4 Å². The molecule has 1 atom stereocenters. The van der Waals surface area contributed by atoms with Gasteiger partial charge in [0.15, 0.2) is 0 Å². The van der Waals surface area contributed by atoms with Crippen molar-refractivity contribution in [3.8, 4) is 0 Å². The third-order valence-corrected chi connectivity index (χ3v) is 2.42. The summed E-state index contributed by atoms with van der Waals surface area (Å²) in [5, 5.41) is 12.1. The van der Waals surface area contributed by atoms with Crippen molar-refractivity contribution in [1.82, 2.24) is 0 Å². The van der Waals surface area contributed by atoms with Gasteiger partial charge in [-0.3, -0.25) is 0 Å². The number of benzene rings is 1. The maximum absolute atomic E-state index is 13.2. The van der Waals surface area contributed by atoms with Crippen molar-refractivity contribution in [3.05, 3.63) is 28.5 Å². The predicted molar refractivity (Wildman–Crippen MR) is 58.9 cm³/mol. The lowest BCUT2D eigenvalue weighted by Crippen LogP contribution is -2.18. The molecular formula is C10H13BrFNO. The van der Waals surface area contributed by atoms with Gasteiger partial charge >= 0.3 is 0 Å². The molecule has 0 amide bonds. The molecule has 1 aromatic carbocycles. The van der Waals surface area contributed by atoms with Crippen LogP contribution in [0.2, 0.25) is 0 Å². The fraction of sp³-hybridized carbons (Fsp3) is 0.400. The Kier molecular flexibility index (Phi) is 4.35. The average Bonchev–Trinajstić information content (AvgIpc) is 2.16. The smallest absolute Gasteiger partial charge is 0.147 e. The van der Waals surface area contributed by atoms with E-state index in [4.69, 9.17) is 0 Å². The third-order valence-electron chi connectivity index (χ3n) is 1.93. The zero-order valence-electron chi connectivity index (χ0n) is 7.93. The summed E-state index contributed by atoms with van der Waals surface area (Å²) in [6, 6.07) is 4.78. The molecule has 0 radical (unpaired) electrons. The Balaban J connectivity index is 2.59. The SMILES string of the molecule is CC[C@@H](O)CNc1ccc(Br)cc1F. The second-order valence-electron chi connectivity index (χ2n) is 3.07. The van der Waals surface area contributed by atoms with E-state index >= 15 is 0 Å². The molecule has 0 unspecified atom stereocenters. The minimum absolute atomic E-state index is 0.317. The molecule has 0 spiro atoms. The Hall–Kier alpha value is -0.610. The number of hydrogen-bond acceptors (Lipinski definition) is 2. The quantitative estimate of drug-likeness (QED) is 0.874. The molecule has 0 aliphatic rings. The maximum atomic E-state index is 13.2. The van der Waals surface area contributed by atoms with Crippen LogP contribution in [0.3, 0.4) is 0 Å². The van der Waals surface area contributed by atoms with Gasteiger partial charge in [0, 0.05) is 11.0 Å². The zero-order chi connectivity index (χ0) is 10.6. The van der Waals surface area contributed by atoms with Crippen molar-refractivity contribution < 1.29 is 9.50 Å². The van der Waals surface area contributed by atoms with Crippen molar-refractivity contribution in [2.24, 2.45) is 0 Å². The highest BCUT2D eigenvalue weighted by Gasteiger charge is 2.04. The minimum Gasteiger partial charge on any atom is -0.391 e. The van der Waals surface area contributed by atoms with Crippen LogP contribution in [0.25, 0.3) is 0 Å². The van der Waals surface area contributed by atoms with Crippen molar-refractivity contribution >= 4 is 21.6 Å². The van der Waals surface area contributed by atoms with Gasteiger partial charge in [-0.25, -0.2) is 4.39 Å². The summed E-state index contributed by atoms with van der Waals surface area (Å²) >= 11 is 3.17. The van der Waals surface area contributed by atoms with Crippen LogP contribution in [0.4, 0.5) is 10.1 Å². The molecule has 0 bridgehead atoms. The Labute approximate surface area is 91.3 Å². The molecule has 0 aromatic heterocycles. The molecule has 0 aliphatic carbocycles. The van der Waals surface area contributed by atoms with Gasteiger partial charge in [-0.1, -0.05) is 22.9 Å². The largest absolute Gasteiger partial charge is 0.391 e. The Bertz CT molecular complexity index is 306. The molecular weight excluding hydrogens is 249 g/mol. The first-order valence-corrected chi connectivity index (χ1v) is 5.29. The van der Waals surface area contributed by atoms with Crippen LogP contribution < -0.4 is 5.32 Å². The summed E-state index contributed by atoms with van der Waals surface area (Å²) in [4.78, 5) is 0. The number of aliphatic hydroxyl groups is 1. The molecule has 78 valence electrons. The van der Waals surface area contributed by atoms with Crippen LogP contribution in [0, 0.1) is 5.82 Å². The standard InChI is InChI=1S/C10H13BrFNO/c1-2-8(14)6-13-10-4-3-7(11)5-9(10)12/h3-5,8,13-14H,2,6H2,1H3/t8-/m1/s1. The molecule has 1 rings (SSSR count). The first-order valence-electron chi connectivity index (χ1n) is 4.50. The van der Waals surface area contributed by atoms with Gasteiger partial charge in [0.25, 0.3) is 0 Å². The van der Waals surface area contributed by atoms with Gasteiger partial charge < -0.3 is 10.4 Å². The highest BCUT2D eigenvalue weighted by molar-refractivity contribution is 9.10. The summed E-state index contributed by atoms with van der Waals surface area (Å²) in [5.41, 5.74) is 0.417. The topological polar surface area (TPSA) is 32.3 Å². The fourth-order valence-electron chi connectivity index (χ4n) is 1.00. The fourth-order valence-corrected chi connectivity index (χ4v) is 1.34. The zero-order valence-corrected chi connectivity index (χ0v) is 9.51. The monoisotopic (exact) mass is 261 g/mol. The Morgan fingerprint density at radius 3 is 2.86 bits per heavy atom. The highest BCUT2D eigenvalue weighted by atomic mass is 79.9. The molecule has 2 N–H and O–H groups in total. The maximum Gasteiger partial charge on any atom is 0.147 e. The molecule has 0 saturated heterocycles. The summed E-state index contributed by atoms with van der Waals surface area (Å²) < 4.78 is 13.9. The van der Waals surface area contributed by atoms with Gasteiger partial charge in [-0.2, -0.15) is 0 Å². The average molecular weight is 262 g/mol. The van der Waals surface area contributed by atoms with Crippen LogP contribution in [-0.2, 0) is 0 Å². The molecule has 4 heteroatoms. The third kappa shape index (κ3) is 3.27. The van der Waals surface area contributed by atoms with Gasteiger partial charge in [-0.05, 0) is 24.6 Å². The van der Waals surface area contributed by atoms with E-state index in [-0.39, 0.29) is 5.82 Å². The van der Waals surface area contributed by atoms with E-state index in [1.54, 1.807) is 12.1 Å². The number of nitrogens with one attached hydrogen (secondary N) is 1. The number of aliphatic hydroxyl groups excluding tert-OH is 1. The van der Waals surface area contributed by atoms with Gasteiger partial charge in [0.2, 0.25) is 0 Å². The lowest BCUT2D eigenvalue weighted by Gasteiger charge is -2.11. The predicted octanol–water partition coefficient (Wildman–Crippen LogP) is 2.77. The van der Waals surface area contributed by atoms with E-state index in [1.807, 2.05) is 6.92 Å².